The molecule has 0 aliphatic rings. The van der Waals surface area contributed by atoms with E-state index in [9.17, 15) is 9.59 Å². The summed E-state index contributed by atoms with van der Waals surface area (Å²) in [5, 5.41) is 3.82. The van der Waals surface area contributed by atoms with Crippen LogP contribution < -0.4 is 14.8 Å². The molecule has 2 aromatic carbocycles. The number of ether oxygens (including phenoxy) is 3. The lowest BCUT2D eigenvalue weighted by atomic mass is 10.2. The fourth-order valence-corrected chi connectivity index (χ4v) is 2.98. The van der Waals surface area contributed by atoms with Gasteiger partial charge in [-0.1, -0.05) is 18.2 Å². The first-order valence-corrected chi connectivity index (χ1v) is 9.27. The number of carbonyl (C=O) groups is 2. The van der Waals surface area contributed by atoms with Crippen molar-refractivity contribution >= 4 is 28.5 Å². The highest BCUT2D eigenvalue weighted by Crippen LogP contribution is 2.26. The Morgan fingerprint density at radius 1 is 1.03 bits per heavy atom. The maximum atomic E-state index is 12.4. The zero-order chi connectivity index (χ0) is 20.8. The topological polar surface area (TPSA) is 78.8 Å². The van der Waals surface area contributed by atoms with Crippen molar-refractivity contribution in [2.45, 2.75) is 26.0 Å². The van der Waals surface area contributed by atoms with Crippen molar-refractivity contribution in [2.75, 3.05) is 19.5 Å². The zero-order valence-corrected chi connectivity index (χ0v) is 16.7. The molecule has 0 fully saturated rings. The molecule has 0 spiro atoms. The lowest BCUT2D eigenvalue weighted by Gasteiger charge is -2.15. The average Bonchev–Trinajstić information content (AvgIpc) is 3.15. The molecule has 1 amide bonds. The number of aryl methyl sites for hydroxylation is 1. The standard InChI is InChI=1S/C22H24N2O5/c1-15(22(26)23-17-12-18(27-2)14-19(13-17)28-3)29-21(25)9-11-24-10-8-16-6-4-5-7-20(16)24/h4-8,10,12-15H,9,11H2,1-3H3,(H,23,26)/t15-/m1/s1. The molecule has 1 atom stereocenters. The van der Waals surface area contributed by atoms with Crippen LogP contribution in [-0.4, -0.2) is 36.8 Å². The van der Waals surface area contributed by atoms with Gasteiger partial charge < -0.3 is 24.1 Å². The predicted octanol–water partition coefficient (Wildman–Crippen LogP) is 3.62. The van der Waals surface area contributed by atoms with Crippen molar-refractivity contribution in [3.8, 4) is 11.5 Å². The van der Waals surface area contributed by atoms with Gasteiger partial charge in [-0.15, -0.1) is 0 Å². The summed E-state index contributed by atoms with van der Waals surface area (Å²) in [6.45, 7) is 2.02. The van der Waals surface area contributed by atoms with Gasteiger partial charge in [0.2, 0.25) is 0 Å². The van der Waals surface area contributed by atoms with Gasteiger partial charge in [-0.3, -0.25) is 9.59 Å². The number of carbonyl (C=O) groups excluding carboxylic acids is 2. The zero-order valence-electron chi connectivity index (χ0n) is 16.7. The number of fused-ring (bicyclic) bond motifs is 1. The van der Waals surface area contributed by atoms with Gasteiger partial charge in [-0.2, -0.15) is 0 Å². The van der Waals surface area contributed by atoms with Crippen molar-refractivity contribution < 1.29 is 23.8 Å². The third-order valence-electron chi connectivity index (χ3n) is 4.53. The number of hydrogen-bond donors (Lipinski definition) is 1. The molecule has 3 aromatic rings. The second-order valence-electron chi connectivity index (χ2n) is 6.54. The van der Waals surface area contributed by atoms with Gasteiger partial charge in [0.05, 0.1) is 20.6 Å². The largest absolute Gasteiger partial charge is 0.497 e. The third kappa shape index (κ3) is 5.07. The van der Waals surface area contributed by atoms with E-state index in [1.54, 1.807) is 18.2 Å². The van der Waals surface area contributed by atoms with Gasteiger partial charge in [-0.25, -0.2) is 0 Å². The Kier molecular flexibility index (Phi) is 6.39. The normalized spacial score (nSPS) is 11.7. The molecule has 0 bridgehead atoms. The second-order valence-corrected chi connectivity index (χ2v) is 6.54. The van der Waals surface area contributed by atoms with E-state index >= 15 is 0 Å². The van der Waals surface area contributed by atoms with Crippen LogP contribution in [0.15, 0.2) is 54.7 Å². The van der Waals surface area contributed by atoms with Gasteiger partial charge in [0.15, 0.2) is 6.10 Å². The molecular formula is C22H24N2O5. The van der Waals surface area contributed by atoms with Crippen molar-refractivity contribution in [3.05, 3.63) is 54.7 Å². The molecule has 0 unspecified atom stereocenters. The Bertz CT molecular complexity index is 989. The Balaban J connectivity index is 1.54. The maximum Gasteiger partial charge on any atom is 0.308 e. The summed E-state index contributed by atoms with van der Waals surface area (Å²) in [6.07, 6.45) is 1.18. The van der Waals surface area contributed by atoms with Crippen LogP contribution in [-0.2, 0) is 20.9 Å². The van der Waals surface area contributed by atoms with E-state index in [0.717, 1.165) is 10.9 Å². The van der Waals surface area contributed by atoms with Crippen molar-refractivity contribution in [1.29, 1.82) is 0 Å². The smallest absolute Gasteiger partial charge is 0.308 e. The number of nitrogens with one attached hydrogen (secondary N) is 1. The number of para-hydroxylation sites is 1. The number of methoxy groups -OCH3 is 2. The highest BCUT2D eigenvalue weighted by atomic mass is 16.5. The van der Waals surface area contributed by atoms with E-state index in [2.05, 4.69) is 5.32 Å². The van der Waals surface area contributed by atoms with Crippen molar-refractivity contribution in [3.63, 3.8) is 0 Å². The number of benzene rings is 2. The summed E-state index contributed by atoms with van der Waals surface area (Å²) in [7, 11) is 3.05. The Labute approximate surface area is 169 Å². The first kappa shape index (κ1) is 20.3. The molecule has 29 heavy (non-hydrogen) atoms. The Morgan fingerprint density at radius 3 is 2.41 bits per heavy atom. The van der Waals surface area contributed by atoms with Gasteiger partial charge >= 0.3 is 5.97 Å². The summed E-state index contributed by atoms with van der Waals surface area (Å²) in [4.78, 5) is 24.6. The molecule has 1 heterocycles. The summed E-state index contributed by atoms with van der Waals surface area (Å²) in [5.41, 5.74) is 1.55. The quantitative estimate of drug-likeness (QED) is 0.589. The van der Waals surface area contributed by atoms with Crippen molar-refractivity contribution in [2.24, 2.45) is 0 Å². The molecule has 7 heteroatoms. The van der Waals surface area contributed by atoms with E-state index in [4.69, 9.17) is 14.2 Å². The van der Waals surface area contributed by atoms with Crippen LogP contribution in [0.1, 0.15) is 13.3 Å². The van der Waals surface area contributed by atoms with Gasteiger partial charge in [0.1, 0.15) is 11.5 Å². The van der Waals surface area contributed by atoms with E-state index in [1.165, 1.54) is 21.1 Å². The molecular weight excluding hydrogens is 372 g/mol. The molecule has 3 rings (SSSR count). The molecule has 7 nitrogen and oxygen atoms in total. The fraction of sp³-hybridized carbons (Fsp3) is 0.273. The summed E-state index contributed by atoms with van der Waals surface area (Å²) < 4.78 is 17.6. The van der Waals surface area contributed by atoms with Gasteiger partial charge in [-0.05, 0) is 24.4 Å². The number of hydrogen-bond acceptors (Lipinski definition) is 5. The van der Waals surface area contributed by atoms with Crippen LogP contribution in [0, 0.1) is 0 Å². The van der Waals surface area contributed by atoms with Gasteiger partial charge in [0, 0.05) is 42.1 Å². The highest BCUT2D eigenvalue weighted by Gasteiger charge is 2.18. The van der Waals surface area contributed by atoms with Gasteiger partial charge in [0.25, 0.3) is 5.91 Å². The summed E-state index contributed by atoms with van der Waals surface area (Å²) in [5.74, 6) is 0.222. The van der Waals surface area contributed by atoms with E-state index < -0.39 is 18.0 Å². The molecule has 0 aliphatic carbocycles. The highest BCUT2D eigenvalue weighted by molar-refractivity contribution is 5.95. The number of nitrogens with zero attached hydrogens (tertiary/aromatic N) is 1. The minimum absolute atomic E-state index is 0.170. The minimum atomic E-state index is -0.930. The van der Waals surface area contributed by atoms with Crippen LogP contribution in [0.4, 0.5) is 5.69 Å². The van der Waals surface area contributed by atoms with E-state index in [-0.39, 0.29) is 6.42 Å². The van der Waals surface area contributed by atoms with Crippen molar-refractivity contribution in [1.82, 2.24) is 4.57 Å². The number of aromatic nitrogens is 1. The minimum Gasteiger partial charge on any atom is -0.497 e. The molecule has 0 saturated heterocycles. The summed E-state index contributed by atoms with van der Waals surface area (Å²) >= 11 is 0. The van der Waals surface area contributed by atoms with Crippen LogP contribution in [0.5, 0.6) is 11.5 Å². The number of amides is 1. The number of anilines is 1. The molecule has 0 radical (unpaired) electrons. The maximum absolute atomic E-state index is 12.4. The lowest BCUT2D eigenvalue weighted by molar-refractivity contribution is -0.153. The Morgan fingerprint density at radius 2 is 1.72 bits per heavy atom. The van der Waals surface area contributed by atoms with Crippen LogP contribution >= 0.6 is 0 Å². The van der Waals surface area contributed by atoms with E-state index in [0.29, 0.717) is 23.7 Å². The third-order valence-corrected chi connectivity index (χ3v) is 4.53. The molecule has 1 aromatic heterocycles. The van der Waals surface area contributed by atoms with E-state index in [1.807, 2.05) is 41.1 Å². The van der Waals surface area contributed by atoms with Crippen LogP contribution in [0.3, 0.4) is 0 Å². The number of rotatable bonds is 8. The van der Waals surface area contributed by atoms with Crippen LogP contribution in [0.25, 0.3) is 10.9 Å². The molecule has 0 saturated carbocycles. The summed E-state index contributed by atoms with van der Waals surface area (Å²) in [6, 6.07) is 15.0. The monoisotopic (exact) mass is 396 g/mol. The molecule has 1 N–H and O–H groups in total. The first-order chi connectivity index (χ1) is 14.0. The predicted molar refractivity (Wildman–Crippen MR) is 110 cm³/mol. The molecule has 152 valence electrons. The first-order valence-electron chi connectivity index (χ1n) is 9.27. The second kappa shape index (κ2) is 9.14. The van der Waals surface area contributed by atoms with Crippen LogP contribution in [0.2, 0.25) is 0 Å². The molecule has 0 aliphatic heterocycles. The number of esters is 1. The SMILES string of the molecule is COc1cc(NC(=O)[C@@H](C)OC(=O)CCn2ccc3ccccc32)cc(OC)c1. The fourth-order valence-electron chi connectivity index (χ4n) is 2.98. The average molecular weight is 396 g/mol. The Hall–Kier alpha value is -3.48. The lowest BCUT2D eigenvalue weighted by Crippen LogP contribution is -2.30.